The third-order valence-electron chi connectivity index (χ3n) is 6.49. The summed E-state index contributed by atoms with van der Waals surface area (Å²) in [5, 5.41) is 10.0. The van der Waals surface area contributed by atoms with E-state index in [0.717, 1.165) is 41.2 Å². The Morgan fingerprint density at radius 2 is 2.15 bits per heavy atom. The van der Waals surface area contributed by atoms with Crippen LogP contribution in [0.3, 0.4) is 0 Å². The molecule has 0 spiro atoms. The number of piperazine rings is 1. The van der Waals surface area contributed by atoms with Crippen LogP contribution in [0.15, 0.2) is 31.0 Å². The highest BCUT2D eigenvalue weighted by molar-refractivity contribution is 5.78. The number of rotatable bonds is 7. The van der Waals surface area contributed by atoms with E-state index in [2.05, 4.69) is 36.4 Å². The third-order valence-corrected chi connectivity index (χ3v) is 6.49. The van der Waals surface area contributed by atoms with E-state index in [-0.39, 0.29) is 24.5 Å². The van der Waals surface area contributed by atoms with Gasteiger partial charge in [-0.1, -0.05) is 20.4 Å². The van der Waals surface area contributed by atoms with Crippen LogP contribution in [0.1, 0.15) is 49.6 Å². The zero-order valence-corrected chi connectivity index (χ0v) is 19.6. The topological polar surface area (TPSA) is 82.4 Å². The van der Waals surface area contributed by atoms with Gasteiger partial charge >= 0.3 is 0 Å². The Morgan fingerprint density at radius 3 is 2.79 bits per heavy atom. The first-order chi connectivity index (χ1) is 16.0. The molecule has 7 nitrogen and oxygen atoms in total. The predicted molar refractivity (Wildman–Crippen MR) is 129 cm³/mol. The van der Waals surface area contributed by atoms with Crippen LogP contribution in [0.2, 0.25) is 0 Å². The molecule has 1 aliphatic carbocycles. The number of carbonyl (C=O) groups is 1. The lowest BCUT2D eigenvalue weighted by molar-refractivity contribution is -0.139. The Balaban J connectivity index is 1.71. The van der Waals surface area contributed by atoms with E-state index in [1.54, 1.807) is 19.4 Å². The molecule has 4 rings (SSSR count). The molecule has 172 valence electrons. The molecule has 33 heavy (non-hydrogen) atoms. The number of amides is 1. The van der Waals surface area contributed by atoms with Crippen LogP contribution in [0.5, 0.6) is 0 Å². The lowest BCUT2D eigenvalue weighted by Crippen LogP contribution is -2.58. The lowest BCUT2D eigenvalue weighted by Gasteiger charge is -2.44. The maximum absolute atomic E-state index is 12.6. The van der Waals surface area contributed by atoms with Crippen molar-refractivity contribution < 1.29 is 9.53 Å². The molecule has 7 heteroatoms. The van der Waals surface area contributed by atoms with Crippen molar-refractivity contribution in [2.45, 2.75) is 38.6 Å². The van der Waals surface area contributed by atoms with Crippen molar-refractivity contribution in [3.05, 3.63) is 47.9 Å². The second-order valence-corrected chi connectivity index (χ2v) is 9.13. The van der Waals surface area contributed by atoms with Crippen molar-refractivity contribution in [3.63, 3.8) is 0 Å². The third kappa shape index (κ3) is 4.76. The summed E-state index contributed by atoms with van der Waals surface area (Å²) in [6.07, 6.45) is 5.72. The molecule has 0 bridgehead atoms. The Morgan fingerprint density at radius 1 is 1.36 bits per heavy atom. The number of hydrogen-bond acceptors (Lipinski definition) is 6. The van der Waals surface area contributed by atoms with Gasteiger partial charge in [0.1, 0.15) is 18.5 Å². The molecule has 1 amide bonds. The number of carbonyl (C=O) groups excluding carboxylic acids is 1. The smallest absolute Gasteiger partial charge is 0.248 e. The summed E-state index contributed by atoms with van der Waals surface area (Å²) in [5.41, 5.74) is 4.41. The molecule has 0 unspecified atom stereocenters. The Labute approximate surface area is 195 Å². The van der Waals surface area contributed by atoms with Gasteiger partial charge < -0.3 is 14.5 Å². The van der Waals surface area contributed by atoms with Gasteiger partial charge in [-0.2, -0.15) is 5.26 Å². The van der Waals surface area contributed by atoms with Crippen molar-refractivity contribution >= 4 is 17.8 Å². The molecule has 0 N–H and O–H groups in total. The molecule has 1 saturated carbocycles. The van der Waals surface area contributed by atoms with Gasteiger partial charge in [0.05, 0.1) is 23.0 Å². The summed E-state index contributed by atoms with van der Waals surface area (Å²) in [4.78, 5) is 26.1. The zero-order valence-electron chi connectivity index (χ0n) is 19.6. The van der Waals surface area contributed by atoms with Gasteiger partial charge in [-0.3, -0.25) is 9.78 Å². The van der Waals surface area contributed by atoms with E-state index in [4.69, 9.17) is 9.72 Å². The number of hydrogen-bond donors (Lipinski definition) is 0. The SMILES string of the molecule is C=Cc1cc(-c2cc(C#N)c(N3CCN(C(=O)COC)[C@H](C(C)C)C3)nc2C2CC2)ccn1. The van der Waals surface area contributed by atoms with E-state index in [1.165, 1.54) is 0 Å². The van der Waals surface area contributed by atoms with E-state index in [9.17, 15) is 10.1 Å². The van der Waals surface area contributed by atoms with Crippen LogP contribution < -0.4 is 4.90 Å². The first-order valence-corrected chi connectivity index (χ1v) is 11.5. The summed E-state index contributed by atoms with van der Waals surface area (Å²) in [6, 6.07) is 8.35. The van der Waals surface area contributed by atoms with Crippen molar-refractivity contribution in [2.75, 3.05) is 38.3 Å². The monoisotopic (exact) mass is 445 g/mol. The highest BCUT2D eigenvalue weighted by atomic mass is 16.5. The predicted octanol–water partition coefficient (Wildman–Crippen LogP) is 3.86. The molecular weight excluding hydrogens is 414 g/mol. The van der Waals surface area contributed by atoms with Crippen LogP contribution in [-0.4, -0.2) is 60.2 Å². The van der Waals surface area contributed by atoms with Crippen LogP contribution in [-0.2, 0) is 9.53 Å². The van der Waals surface area contributed by atoms with Crippen LogP contribution in [0.25, 0.3) is 17.2 Å². The average Bonchev–Trinajstić information content (AvgIpc) is 3.68. The Hall–Kier alpha value is -3.24. The minimum absolute atomic E-state index is 0.00837. The van der Waals surface area contributed by atoms with Crippen molar-refractivity contribution in [1.29, 1.82) is 5.26 Å². The number of anilines is 1. The van der Waals surface area contributed by atoms with Crippen molar-refractivity contribution in [1.82, 2.24) is 14.9 Å². The molecule has 3 heterocycles. The number of pyridine rings is 2. The second kappa shape index (κ2) is 9.72. The maximum atomic E-state index is 12.6. The van der Waals surface area contributed by atoms with Gasteiger partial charge in [0.2, 0.25) is 5.91 Å². The van der Waals surface area contributed by atoms with Gasteiger partial charge in [0.25, 0.3) is 0 Å². The summed E-state index contributed by atoms with van der Waals surface area (Å²) < 4.78 is 5.08. The maximum Gasteiger partial charge on any atom is 0.248 e. The standard InChI is InChI=1S/C26H31N5O2/c1-5-21-12-19(8-9-28-21)22-13-20(14-27)26(29-25(22)18-6-7-18)30-10-11-31(24(32)16-33-4)23(15-30)17(2)3/h5,8-9,12-13,17-18,23H,1,6-7,10-11,15-16H2,2-4H3/t23-/m0/s1. The summed E-state index contributed by atoms with van der Waals surface area (Å²) >= 11 is 0. The molecule has 2 fully saturated rings. The molecule has 1 saturated heterocycles. The van der Waals surface area contributed by atoms with Crippen molar-refractivity contribution in [2.24, 2.45) is 5.92 Å². The molecule has 1 atom stereocenters. The van der Waals surface area contributed by atoms with E-state index in [0.29, 0.717) is 31.1 Å². The minimum atomic E-state index is 0.00837. The number of nitriles is 1. The highest BCUT2D eigenvalue weighted by Gasteiger charge is 2.35. The van der Waals surface area contributed by atoms with E-state index in [1.807, 2.05) is 23.1 Å². The number of ether oxygens (including phenoxy) is 1. The van der Waals surface area contributed by atoms with Crippen LogP contribution >= 0.6 is 0 Å². The lowest BCUT2D eigenvalue weighted by atomic mass is 9.97. The fourth-order valence-electron chi connectivity index (χ4n) is 4.56. The molecule has 2 aliphatic rings. The van der Waals surface area contributed by atoms with Gasteiger partial charge in [-0.15, -0.1) is 0 Å². The van der Waals surface area contributed by atoms with Crippen LogP contribution in [0.4, 0.5) is 5.82 Å². The molecular formula is C26H31N5O2. The van der Waals surface area contributed by atoms with Crippen LogP contribution in [0, 0.1) is 17.2 Å². The first-order valence-electron chi connectivity index (χ1n) is 11.5. The Kier molecular flexibility index (Phi) is 6.75. The largest absolute Gasteiger partial charge is 0.375 e. The van der Waals surface area contributed by atoms with Gasteiger partial charge in [0, 0.05) is 44.4 Å². The number of methoxy groups -OCH3 is 1. The molecule has 2 aromatic heterocycles. The van der Waals surface area contributed by atoms with Gasteiger partial charge in [0.15, 0.2) is 0 Å². The quantitative estimate of drug-likeness (QED) is 0.644. The molecule has 0 radical (unpaired) electrons. The zero-order chi connectivity index (χ0) is 23.5. The normalized spacial score (nSPS) is 18.3. The van der Waals surface area contributed by atoms with Gasteiger partial charge in [-0.05, 0) is 48.6 Å². The second-order valence-electron chi connectivity index (χ2n) is 9.13. The summed E-state index contributed by atoms with van der Waals surface area (Å²) in [5.74, 6) is 1.42. The molecule has 1 aliphatic heterocycles. The van der Waals surface area contributed by atoms with Crippen molar-refractivity contribution in [3.8, 4) is 17.2 Å². The molecule has 0 aromatic carbocycles. The average molecular weight is 446 g/mol. The van der Waals surface area contributed by atoms with E-state index >= 15 is 0 Å². The van der Waals surface area contributed by atoms with Gasteiger partial charge in [-0.25, -0.2) is 4.98 Å². The minimum Gasteiger partial charge on any atom is -0.375 e. The number of nitrogens with zero attached hydrogens (tertiary/aromatic N) is 5. The fraction of sp³-hybridized carbons (Fsp3) is 0.462. The first kappa shape index (κ1) is 22.9. The fourth-order valence-corrected chi connectivity index (χ4v) is 4.56. The highest BCUT2D eigenvalue weighted by Crippen LogP contribution is 2.45. The Bertz CT molecular complexity index is 1090. The number of aromatic nitrogens is 2. The molecule has 2 aromatic rings. The van der Waals surface area contributed by atoms with E-state index < -0.39 is 0 Å². The summed E-state index contributed by atoms with van der Waals surface area (Å²) in [6.45, 7) is 10.0. The summed E-state index contributed by atoms with van der Waals surface area (Å²) in [7, 11) is 1.55.